The number of rotatable bonds is 5. The van der Waals surface area contributed by atoms with Crippen LogP contribution in [0.4, 0.5) is 0 Å². The lowest BCUT2D eigenvalue weighted by molar-refractivity contribution is -0.126. The average Bonchev–Trinajstić information content (AvgIpc) is 2.63. The van der Waals surface area contributed by atoms with Gasteiger partial charge < -0.3 is 10.6 Å². The maximum atomic E-state index is 12.7. The van der Waals surface area contributed by atoms with Gasteiger partial charge in [0.2, 0.25) is 15.9 Å². The van der Waals surface area contributed by atoms with Crippen LogP contribution in [0.2, 0.25) is 0 Å². The maximum Gasteiger partial charge on any atom is 0.224 e. The molecule has 1 unspecified atom stereocenters. The van der Waals surface area contributed by atoms with E-state index in [1.165, 1.54) is 4.31 Å². The monoisotopic (exact) mass is 401 g/mol. The van der Waals surface area contributed by atoms with Crippen molar-refractivity contribution in [3.05, 3.63) is 35.9 Å². The van der Waals surface area contributed by atoms with Crippen molar-refractivity contribution in [2.24, 2.45) is 5.92 Å². The van der Waals surface area contributed by atoms with E-state index < -0.39 is 10.0 Å². The van der Waals surface area contributed by atoms with E-state index in [0.717, 1.165) is 44.3 Å². The van der Waals surface area contributed by atoms with Crippen LogP contribution in [0.5, 0.6) is 0 Å². The van der Waals surface area contributed by atoms with Gasteiger partial charge >= 0.3 is 0 Å². The number of sulfonamides is 1. The molecule has 2 N–H and O–H groups in total. The van der Waals surface area contributed by atoms with Crippen LogP contribution in [0, 0.1) is 5.92 Å². The Bertz CT molecular complexity index is 678. The quantitative estimate of drug-likeness (QED) is 0.784. The third-order valence-electron chi connectivity index (χ3n) is 4.98. The zero-order valence-electron chi connectivity index (χ0n) is 14.9. The van der Waals surface area contributed by atoms with Crippen LogP contribution < -0.4 is 10.6 Å². The molecular formula is C18H28ClN3O3S. The number of nitrogens with one attached hydrogen (secondary N) is 2. The molecule has 1 amide bonds. The molecule has 3 rings (SSSR count). The summed E-state index contributed by atoms with van der Waals surface area (Å²) in [4.78, 5) is 12.5. The molecule has 6 nitrogen and oxygen atoms in total. The third kappa shape index (κ3) is 5.67. The van der Waals surface area contributed by atoms with Crippen molar-refractivity contribution in [2.45, 2.75) is 37.5 Å². The minimum atomic E-state index is -3.39. The van der Waals surface area contributed by atoms with Crippen molar-refractivity contribution in [3.8, 4) is 0 Å². The Morgan fingerprint density at radius 3 is 2.65 bits per heavy atom. The van der Waals surface area contributed by atoms with Crippen LogP contribution in [0.15, 0.2) is 30.3 Å². The average molecular weight is 402 g/mol. The Hall–Kier alpha value is -1.15. The molecule has 2 saturated heterocycles. The second kappa shape index (κ2) is 9.69. The van der Waals surface area contributed by atoms with Crippen LogP contribution in [-0.4, -0.2) is 50.9 Å². The first-order valence-electron chi connectivity index (χ1n) is 9.07. The van der Waals surface area contributed by atoms with Gasteiger partial charge in [0.25, 0.3) is 0 Å². The first-order chi connectivity index (χ1) is 12.0. The van der Waals surface area contributed by atoms with Gasteiger partial charge in [-0.05, 0) is 37.8 Å². The number of benzene rings is 1. The van der Waals surface area contributed by atoms with Crippen LogP contribution in [0.3, 0.4) is 0 Å². The van der Waals surface area contributed by atoms with Crippen molar-refractivity contribution >= 4 is 28.3 Å². The zero-order chi connectivity index (χ0) is 17.7. The molecule has 1 aromatic rings. The molecule has 2 fully saturated rings. The predicted octanol–water partition coefficient (Wildman–Crippen LogP) is 1.52. The van der Waals surface area contributed by atoms with Gasteiger partial charge in [0.1, 0.15) is 0 Å². The largest absolute Gasteiger partial charge is 0.352 e. The first kappa shape index (κ1) is 21.2. The summed E-state index contributed by atoms with van der Waals surface area (Å²) in [5.74, 6) is -0.260. The molecule has 2 aliphatic heterocycles. The maximum absolute atomic E-state index is 12.7. The number of piperidine rings is 2. The Balaban J connectivity index is 0.00000243. The predicted molar refractivity (Wildman–Crippen MR) is 105 cm³/mol. The summed E-state index contributed by atoms with van der Waals surface area (Å²) in [6, 6.07) is 9.36. The molecule has 0 bridgehead atoms. The van der Waals surface area contributed by atoms with E-state index in [-0.39, 0.29) is 36.0 Å². The van der Waals surface area contributed by atoms with Gasteiger partial charge in [0, 0.05) is 25.7 Å². The van der Waals surface area contributed by atoms with Crippen LogP contribution >= 0.6 is 12.4 Å². The van der Waals surface area contributed by atoms with Gasteiger partial charge in [-0.1, -0.05) is 30.3 Å². The first-order valence-corrected chi connectivity index (χ1v) is 10.7. The summed E-state index contributed by atoms with van der Waals surface area (Å²) in [7, 11) is -3.39. The highest BCUT2D eigenvalue weighted by molar-refractivity contribution is 7.88. The number of hydrogen-bond donors (Lipinski definition) is 2. The molecule has 0 aromatic heterocycles. The molecule has 146 valence electrons. The normalized spacial score (nSPS) is 24.5. The third-order valence-corrected chi connectivity index (χ3v) is 6.80. The minimum absolute atomic E-state index is 0. The fourth-order valence-corrected chi connectivity index (χ4v) is 5.19. The SMILES string of the molecule is Cl.O=C(N[C@H]1CCCNC1)C1CCCN(S(=O)(=O)Cc2ccccc2)C1. The second-order valence-electron chi connectivity index (χ2n) is 6.99. The van der Waals surface area contributed by atoms with E-state index in [4.69, 9.17) is 0 Å². The molecule has 26 heavy (non-hydrogen) atoms. The fraction of sp³-hybridized carbons (Fsp3) is 0.611. The van der Waals surface area contributed by atoms with E-state index in [1.807, 2.05) is 30.3 Å². The number of carbonyl (C=O) groups is 1. The lowest BCUT2D eigenvalue weighted by Crippen LogP contribution is -2.51. The summed E-state index contributed by atoms with van der Waals surface area (Å²) in [6.07, 6.45) is 3.53. The number of nitrogens with zero attached hydrogens (tertiary/aromatic N) is 1. The summed E-state index contributed by atoms with van der Waals surface area (Å²) >= 11 is 0. The Morgan fingerprint density at radius 1 is 1.19 bits per heavy atom. The summed E-state index contributed by atoms with van der Waals surface area (Å²) < 4.78 is 26.9. The summed E-state index contributed by atoms with van der Waals surface area (Å²) in [6.45, 7) is 2.60. The molecule has 2 aliphatic rings. The molecule has 8 heteroatoms. The van der Waals surface area contributed by atoms with Crippen LogP contribution in [-0.2, 0) is 20.6 Å². The molecule has 0 radical (unpaired) electrons. The van der Waals surface area contributed by atoms with E-state index in [2.05, 4.69) is 10.6 Å². The number of amides is 1. The highest BCUT2D eigenvalue weighted by Gasteiger charge is 2.33. The number of carbonyl (C=O) groups excluding carboxylic acids is 1. The smallest absolute Gasteiger partial charge is 0.224 e. The number of hydrogen-bond acceptors (Lipinski definition) is 4. The standard InChI is InChI=1S/C18H27N3O3S.ClH/c22-18(20-17-9-4-10-19-12-17)16-8-5-11-21(13-16)25(23,24)14-15-6-2-1-3-7-15;/h1-3,6-7,16-17,19H,4-5,8-14H2,(H,20,22);1H/t16?,17-;/m0./s1. The summed E-state index contributed by atoms with van der Waals surface area (Å²) in [5.41, 5.74) is 0.780. The van der Waals surface area contributed by atoms with Gasteiger partial charge in [0.05, 0.1) is 11.7 Å². The Kier molecular flexibility index (Phi) is 7.88. The lowest BCUT2D eigenvalue weighted by Gasteiger charge is -2.33. The second-order valence-corrected chi connectivity index (χ2v) is 8.96. The van der Waals surface area contributed by atoms with Gasteiger partial charge in [-0.25, -0.2) is 12.7 Å². The molecule has 0 aliphatic carbocycles. The molecule has 0 spiro atoms. The lowest BCUT2D eigenvalue weighted by atomic mass is 9.97. The van der Waals surface area contributed by atoms with Crippen molar-refractivity contribution in [1.82, 2.24) is 14.9 Å². The van der Waals surface area contributed by atoms with E-state index in [0.29, 0.717) is 13.1 Å². The minimum Gasteiger partial charge on any atom is -0.352 e. The molecule has 2 atom stereocenters. The van der Waals surface area contributed by atoms with Gasteiger partial charge in [-0.15, -0.1) is 12.4 Å². The molecule has 0 saturated carbocycles. The highest BCUT2D eigenvalue weighted by Crippen LogP contribution is 2.22. The van der Waals surface area contributed by atoms with E-state index in [9.17, 15) is 13.2 Å². The Labute approximate surface area is 162 Å². The van der Waals surface area contributed by atoms with Crippen molar-refractivity contribution in [2.75, 3.05) is 26.2 Å². The summed E-state index contributed by atoms with van der Waals surface area (Å²) in [5, 5.41) is 6.37. The van der Waals surface area contributed by atoms with Crippen LogP contribution in [0.25, 0.3) is 0 Å². The van der Waals surface area contributed by atoms with Crippen molar-refractivity contribution < 1.29 is 13.2 Å². The number of halogens is 1. The van der Waals surface area contributed by atoms with Crippen LogP contribution in [0.1, 0.15) is 31.2 Å². The highest BCUT2D eigenvalue weighted by atomic mass is 35.5. The Morgan fingerprint density at radius 2 is 1.96 bits per heavy atom. The molecule has 2 heterocycles. The topological polar surface area (TPSA) is 78.5 Å². The van der Waals surface area contributed by atoms with Crippen molar-refractivity contribution in [3.63, 3.8) is 0 Å². The molecular weight excluding hydrogens is 374 g/mol. The van der Waals surface area contributed by atoms with E-state index >= 15 is 0 Å². The molecule has 1 aromatic carbocycles. The van der Waals surface area contributed by atoms with Gasteiger partial charge in [0.15, 0.2) is 0 Å². The van der Waals surface area contributed by atoms with Gasteiger partial charge in [-0.2, -0.15) is 0 Å². The fourth-order valence-electron chi connectivity index (χ4n) is 3.58. The van der Waals surface area contributed by atoms with E-state index in [1.54, 1.807) is 0 Å². The van der Waals surface area contributed by atoms with Crippen molar-refractivity contribution in [1.29, 1.82) is 0 Å². The zero-order valence-corrected chi connectivity index (χ0v) is 16.5. The van der Waals surface area contributed by atoms with Gasteiger partial charge in [-0.3, -0.25) is 4.79 Å².